The minimum Gasteiger partial charge on any atom is -0.438 e. The Labute approximate surface area is 71.1 Å². The molecule has 2 aliphatic rings. The molecule has 2 rings (SSSR count). The average Bonchev–Trinajstić information content (AvgIpc) is 2.85. The molecule has 0 saturated heterocycles. The topological polar surface area (TPSA) is 20.2 Å². The quantitative estimate of drug-likeness (QED) is 0.617. The molecule has 0 bridgehead atoms. The highest BCUT2D eigenvalue weighted by Crippen LogP contribution is 2.51. The van der Waals surface area contributed by atoms with Crippen molar-refractivity contribution in [2.24, 2.45) is 17.8 Å². The van der Waals surface area contributed by atoms with E-state index in [2.05, 4.69) is 0 Å². The lowest BCUT2D eigenvalue weighted by Gasteiger charge is -2.13. The van der Waals surface area contributed by atoms with E-state index in [4.69, 9.17) is 4.80 Å². The molecule has 0 unspecified atom stereocenters. The summed E-state index contributed by atoms with van der Waals surface area (Å²) in [5.41, 5.74) is 0. The smallest absolute Gasteiger partial charge is 0.156 e. The highest BCUT2D eigenvalue weighted by molar-refractivity contribution is 6.25. The molecule has 0 aromatic carbocycles. The molecule has 0 aromatic rings. The van der Waals surface area contributed by atoms with E-state index in [-0.39, 0.29) is 0 Å². The van der Waals surface area contributed by atoms with E-state index in [0.717, 1.165) is 17.8 Å². The van der Waals surface area contributed by atoms with Crippen LogP contribution in [0.25, 0.3) is 0 Å². The van der Waals surface area contributed by atoms with Crippen LogP contribution in [0.2, 0.25) is 6.04 Å². The SMILES string of the molecule is O[SiH2]CCC(C1CC1)C1CC1. The third-order valence-corrected chi connectivity index (χ3v) is 3.88. The molecule has 0 spiro atoms. The predicted molar refractivity (Wildman–Crippen MR) is 49.1 cm³/mol. The molecular formula is C9H18OSi. The van der Waals surface area contributed by atoms with E-state index in [1.165, 1.54) is 38.1 Å². The summed E-state index contributed by atoms with van der Waals surface area (Å²) in [7, 11) is -0.637. The van der Waals surface area contributed by atoms with Gasteiger partial charge in [-0.3, -0.25) is 0 Å². The second-order valence-corrected chi connectivity index (χ2v) is 5.36. The summed E-state index contributed by atoms with van der Waals surface area (Å²) in [6, 6.07) is 1.18. The molecule has 2 aliphatic carbocycles. The Morgan fingerprint density at radius 1 is 1.18 bits per heavy atom. The lowest BCUT2D eigenvalue weighted by atomic mass is 9.95. The highest BCUT2D eigenvalue weighted by atomic mass is 28.2. The molecule has 1 N–H and O–H groups in total. The van der Waals surface area contributed by atoms with Gasteiger partial charge in [-0.2, -0.15) is 0 Å². The number of hydrogen-bond donors (Lipinski definition) is 1. The maximum absolute atomic E-state index is 8.86. The first-order valence-electron chi connectivity index (χ1n) is 5.02. The summed E-state index contributed by atoms with van der Waals surface area (Å²) >= 11 is 0. The zero-order valence-corrected chi connectivity index (χ0v) is 8.54. The van der Waals surface area contributed by atoms with Crippen LogP contribution in [-0.4, -0.2) is 14.6 Å². The van der Waals surface area contributed by atoms with Gasteiger partial charge in [-0.25, -0.2) is 0 Å². The largest absolute Gasteiger partial charge is 0.438 e. The Morgan fingerprint density at radius 3 is 2.09 bits per heavy atom. The van der Waals surface area contributed by atoms with Crippen molar-refractivity contribution in [3.05, 3.63) is 0 Å². The summed E-state index contributed by atoms with van der Waals surface area (Å²) in [6.07, 6.45) is 7.34. The van der Waals surface area contributed by atoms with E-state index >= 15 is 0 Å². The molecule has 11 heavy (non-hydrogen) atoms. The molecule has 0 radical (unpaired) electrons. The van der Waals surface area contributed by atoms with Gasteiger partial charge in [-0.05, 0) is 49.5 Å². The van der Waals surface area contributed by atoms with E-state index < -0.39 is 9.76 Å². The van der Waals surface area contributed by atoms with Gasteiger partial charge in [0.1, 0.15) is 0 Å². The van der Waals surface area contributed by atoms with Gasteiger partial charge < -0.3 is 4.80 Å². The minimum atomic E-state index is -0.637. The standard InChI is InChI=1S/C9H18OSi/c10-11-6-5-9(7-1-2-7)8-3-4-8/h7-10H,1-6,11H2. The lowest BCUT2D eigenvalue weighted by molar-refractivity contribution is 0.388. The zero-order valence-electron chi connectivity index (χ0n) is 7.13. The van der Waals surface area contributed by atoms with Crippen molar-refractivity contribution in [1.29, 1.82) is 0 Å². The van der Waals surface area contributed by atoms with Crippen LogP contribution in [-0.2, 0) is 0 Å². The Balaban J connectivity index is 1.73. The summed E-state index contributed by atoms with van der Waals surface area (Å²) in [5.74, 6) is 3.21. The maximum atomic E-state index is 8.86. The van der Waals surface area contributed by atoms with Gasteiger partial charge in [0.25, 0.3) is 0 Å². The molecule has 2 fully saturated rings. The molecule has 64 valence electrons. The van der Waals surface area contributed by atoms with Gasteiger partial charge in [0, 0.05) is 0 Å². The minimum absolute atomic E-state index is 0.637. The van der Waals surface area contributed by atoms with E-state index in [1.54, 1.807) is 0 Å². The van der Waals surface area contributed by atoms with Crippen molar-refractivity contribution in [2.45, 2.75) is 38.1 Å². The van der Waals surface area contributed by atoms with Gasteiger partial charge in [0.05, 0.1) is 0 Å². The van der Waals surface area contributed by atoms with Crippen molar-refractivity contribution < 1.29 is 4.80 Å². The fourth-order valence-corrected chi connectivity index (χ4v) is 2.89. The first kappa shape index (κ1) is 7.81. The van der Waals surface area contributed by atoms with Gasteiger partial charge in [0.15, 0.2) is 9.76 Å². The third-order valence-electron chi connectivity index (χ3n) is 3.15. The molecule has 0 atom stereocenters. The summed E-state index contributed by atoms with van der Waals surface area (Å²) in [6.45, 7) is 0. The molecule has 0 heterocycles. The van der Waals surface area contributed by atoms with Gasteiger partial charge >= 0.3 is 0 Å². The van der Waals surface area contributed by atoms with Crippen LogP contribution in [0.4, 0.5) is 0 Å². The number of hydrogen-bond acceptors (Lipinski definition) is 1. The Morgan fingerprint density at radius 2 is 1.73 bits per heavy atom. The van der Waals surface area contributed by atoms with Crippen LogP contribution in [0, 0.1) is 17.8 Å². The van der Waals surface area contributed by atoms with Crippen LogP contribution in [0.5, 0.6) is 0 Å². The number of rotatable bonds is 5. The molecule has 1 nitrogen and oxygen atoms in total. The van der Waals surface area contributed by atoms with Gasteiger partial charge in [-0.15, -0.1) is 0 Å². The van der Waals surface area contributed by atoms with Crippen molar-refractivity contribution in [3.63, 3.8) is 0 Å². The zero-order chi connectivity index (χ0) is 7.68. The molecule has 2 saturated carbocycles. The van der Waals surface area contributed by atoms with Crippen LogP contribution >= 0.6 is 0 Å². The van der Waals surface area contributed by atoms with E-state index in [0.29, 0.717) is 0 Å². The summed E-state index contributed by atoms with van der Waals surface area (Å²) in [4.78, 5) is 8.86. The molecule has 0 aliphatic heterocycles. The average molecular weight is 170 g/mol. The van der Waals surface area contributed by atoms with Crippen molar-refractivity contribution in [2.75, 3.05) is 0 Å². The Bertz CT molecular complexity index is 118. The molecule has 2 heteroatoms. The normalized spacial score (nSPS) is 25.6. The maximum Gasteiger partial charge on any atom is 0.156 e. The van der Waals surface area contributed by atoms with Crippen LogP contribution in [0.3, 0.4) is 0 Å². The molecule has 0 aromatic heterocycles. The van der Waals surface area contributed by atoms with Crippen LogP contribution in [0.15, 0.2) is 0 Å². The second kappa shape index (κ2) is 3.28. The first-order chi connectivity index (χ1) is 5.42. The van der Waals surface area contributed by atoms with Crippen molar-refractivity contribution >= 4 is 9.76 Å². The molecular weight excluding hydrogens is 152 g/mol. The summed E-state index contributed by atoms with van der Waals surface area (Å²) in [5, 5.41) is 0. The Hall–Kier alpha value is 0.177. The Kier molecular flexibility index (Phi) is 2.32. The predicted octanol–water partition coefficient (Wildman–Crippen LogP) is 1.31. The lowest BCUT2D eigenvalue weighted by Crippen LogP contribution is -2.06. The van der Waals surface area contributed by atoms with Crippen molar-refractivity contribution in [3.8, 4) is 0 Å². The van der Waals surface area contributed by atoms with E-state index in [1.807, 2.05) is 0 Å². The second-order valence-electron chi connectivity index (χ2n) is 4.20. The summed E-state index contributed by atoms with van der Waals surface area (Å²) < 4.78 is 0. The van der Waals surface area contributed by atoms with Gasteiger partial charge in [0.2, 0.25) is 0 Å². The van der Waals surface area contributed by atoms with Gasteiger partial charge in [-0.1, -0.05) is 6.42 Å². The van der Waals surface area contributed by atoms with Crippen molar-refractivity contribution in [1.82, 2.24) is 0 Å². The van der Waals surface area contributed by atoms with Crippen LogP contribution < -0.4 is 0 Å². The highest BCUT2D eigenvalue weighted by Gasteiger charge is 2.40. The van der Waals surface area contributed by atoms with Crippen LogP contribution in [0.1, 0.15) is 32.1 Å². The fraction of sp³-hybridized carbons (Fsp3) is 1.00. The monoisotopic (exact) mass is 170 g/mol. The molecule has 0 amide bonds. The third kappa shape index (κ3) is 2.06. The first-order valence-corrected chi connectivity index (χ1v) is 6.66. The van der Waals surface area contributed by atoms with E-state index in [9.17, 15) is 0 Å². The fourth-order valence-electron chi connectivity index (χ4n) is 2.23.